The van der Waals surface area contributed by atoms with E-state index in [1.165, 1.54) is 10.5 Å². The lowest BCUT2D eigenvalue weighted by Gasteiger charge is -2.28. The zero-order valence-corrected chi connectivity index (χ0v) is 15.0. The van der Waals surface area contributed by atoms with Gasteiger partial charge in [-0.3, -0.25) is 4.79 Å². The van der Waals surface area contributed by atoms with E-state index in [4.69, 9.17) is 0 Å². The van der Waals surface area contributed by atoms with Gasteiger partial charge in [0.25, 0.3) is 5.91 Å². The van der Waals surface area contributed by atoms with Crippen LogP contribution in [0.15, 0.2) is 29.8 Å². The molecule has 126 valence electrons. The smallest absolute Gasteiger partial charge is 0.279 e. The molecule has 1 aromatic carbocycles. The van der Waals surface area contributed by atoms with E-state index in [1.807, 2.05) is 32.0 Å². The predicted octanol–water partition coefficient (Wildman–Crippen LogP) is -0.00846. The third-order valence-electron chi connectivity index (χ3n) is 4.62. The van der Waals surface area contributed by atoms with Gasteiger partial charge in [-0.2, -0.15) is 0 Å². The average molecular weight is 317 g/mol. The molecule has 2 rings (SSSR count). The molecular formula is C19H31N3O+2. The fourth-order valence-corrected chi connectivity index (χ4v) is 3.11. The summed E-state index contributed by atoms with van der Waals surface area (Å²) in [5, 5.41) is 3.10. The number of allylic oxidation sites excluding steroid dienone is 1. The van der Waals surface area contributed by atoms with Crippen LogP contribution in [0.3, 0.4) is 0 Å². The highest BCUT2D eigenvalue weighted by atomic mass is 16.2. The molecule has 4 heteroatoms. The number of piperazine rings is 1. The van der Waals surface area contributed by atoms with Crippen LogP contribution in [-0.4, -0.2) is 45.2 Å². The standard InChI is InChI=1S/C19H29N3O/c1-15(2)8-9-21-10-12-22(13-11-21)14-18(23)20-19-16(3)6-5-7-17(19)4/h5-8H,9-14H2,1-4H3,(H,20,23)/p+2. The van der Waals surface area contributed by atoms with Gasteiger partial charge in [-0.05, 0) is 44.9 Å². The number of para-hydroxylation sites is 1. The van der Waals surface area contributed by atoms with Gasteiger partial charge in [0.05, 0.1) is 6.54 Å². The van der Waals surface area contributed by atoms with Crippen molar-refractivity contribution in [1.82, 2.24) is 0 Å². The lowest BCUT2D eigenvalue weighted by atomic mass is 10.1. The quantitative estimate of drug-likeness (QED) is 0.657. The number of anilines is 1. The first kappa shape index (κ1) is 17.7. The molecule has 0 aromatic heterocycles. The van der Waals surface area contributed by atoms with Crippen molar-refractivity contribution in [2.75, 3.05) is 44.6 Å². The molecule has 1 aliphatic heterocycles. The Morgan fingerprint density at radius 2 is 1.65 bits per heavy atom. The zero-order chi connectivity index (χ0) is 16.8. The van der Waals surface area contributed by atoms with E-state index in [2.05, 4.69) is 25.2 Å². The van der Waals surface area contributed by atoms with E-state index in [0.29, 0.717) is 6.54 Å². The average Bonchev–Trinajstić information content (AvgIpc) is 2.50. The van der Waals surface area contributed by atoms with E-state index in [-0.39, 0.29) is 5.91 Å². The monoisotopic (exact) mass is 317 g/mol. The Labute approximate surface area is 140 Å². The number of carbonyl (C=O) groups is 1. The normalized spacial score (nSPS) is 20.9. The molecule has 0 atom stereocenters. The number of aryl methyl sites for hydroxylation is 2. The van der Waals surface area contributed by atoms with Crippen LogP contribution in [0.2, 0.25) is 0 Å². The van der Waals surface area contributed by atoms with Crippen LogP contribution in [0, 0.1) is 13.8 Å². The molecule has 0 bridgehead atoms. The summed E-state index contributed by atoms with van der Waals surface area (Å²) in [7, 11) is 0. The molecule has 1 amide bonds. The lowest BCUT2D eigenvalue weighted by molar-refractivity contribution is -1.01. The molecule has 0 unspecified atom stereocenters. The highest BCUT2D eigenvalue weighted by Gasteiger charge is 2.24. The van der Waals surface area contributed by atoms with Crippen molar-refractivity contribution < 1.29 is 14.6 Å². The Morgan fingerprint density at radius 3 is 2.22 bits per heavy atom. The number of hydrogen-bond acceptors (Lipinski definition) is 1. The zero-order valence-electron chi connectivity index (χ0n) is 15.0. The predicted molar refractivity (Wildman–Crippen MR) is 95.1 cm³/mol. The molecule has 0 aliphatic carbocycles. The summed E-state index contributed by atoms with van der Waals surface area (Å²) in [5.41, 5.74) is 4.62. The van der Waals surface area contributed by atoms with Gasteiger partial charge in [0.15, 0.2) is 6.54 Å². The van der Waals surface area contributed by atoms with Gasteiger partial charge in [-0.15, -0.1) is 0 Å². The first-order chi connectivity index (χ1) is 11.0. The number of benzene rings is 1. The van der Waals surface area contributed by atoms with Gasteiger partial charge in [0, 0.05) is 5.69 Å². The van der Waals surface area contributed by atoms with E-state index in [1.54, 1.807) is 4.90 Å². The number of quaternary nitrogens is 2. The SMILES string of the molecule is CC(C)=CC[NH+]1CC[NH+](CC(=O)Nc2c(C)cccc2C)CC1. The lowest BCUT2D eigenvalue weighted by Crippen LogP contribution is -3.28. The molecule has 1 aliphatic rings. The van der Waals surface area contributed by atoms with Crippen LogP contribution in [0.4, 0.5) is 5.69 Å². The fraction of sp³-hybridized carbons (Fsp3) is 0.526. The first-order valence-corrected chi connectivity index (χ1v) is 8.62. The minimum absolute atomic E-state index is 0.130. The third-order valence-corrected chi connectivity index (χ3v) is 4.62. The molecule has 0 saturated carbocycles. The third kappa shape index (κ3) is 5.48. The number of rotatable bonds is 5. The molecule has 1 aromatic rings. The topological polar surface area (TPSA) is 38.0 Å². The van der Waals surface area contributed by atoms with Crippen molar-refractivity contribution in [2.45, 2.75) is 27.7 Å². The van der Waals surface area contributed by atoms with Crippen molar-refractivity contribution in [1.29, 1.82) is 0 Å². The van der Waals surface area contributed by atoms with E-state index in [9.17, 15) is 4.79 Å². The second kappa shape index (κ2) is 8.27. The first-order valence-electron chi connectivity index (χ1n) is 8.62. The van der Waals surface area contributed by atoms with E-state index >= 15 is 0 Å². The maximum Gasteiger partial charge on any atom is 0.279 e. The Bertz CT molecular complexity index is 548. The van der Waals surface area contributed by atoms with Crippen LogP contribution in [-0.2, 0) is 4.79 Å². The van der Waals surface area contributed by atoms with Crippen molar-refractivity contribution in [3.05, 3.63) is 41.0 Å². The minimum Gasteiger partial charge on any atom is -0.322 e. The van der Waals surface area contributed by atoms with Crippen molar-refractivity contribution in [3.8, 4) is 0 Å². The van der Waals surface area contributed by atoms with Crippen molar-refractivity contribution in [2.24, 2.45) is 0 Å². The Hall–Kier alpha value is -1.65. The Balaban J connectivity index is 1.80. The molecular weight excluding hydrogens is 286 g/mol. The summed E-state index contributed by atoms with van der Waals surface area (Å²) in [5.74, 6) is 0.130. The van der Waals surface area contributed by atoms with Gasteiger partial charge in [-0.1, -0.05) is 23.8 Å². The summed E-state index contributed by atoms with van der Waals surface area (Å²) in [6.07, 6.45) is 2.31. The minimum atomic E-state index is 0.130. The Kier molecular flexibility index (Phi) is 6.37. The Morgan fingerprint density at radius 1 is 1.09 bits per heavy atom. The van der Waals surface area contributed by atoms with Crippen LogP contribution in [0.25, 0.3) is 0 Å². The second-order valence-electron chi connectivity index (χ2n) is 6.98. The maximum absolute atomic E-state index is 12.3. The van der Waals surface area contributed by atoms with Gasteiger partial charge in [0.1, 0.15) is 26.2 Å². The number of carbonyl (C=O) groups excluding carboxylic acids is 1. The fourth-order valence-electron chi connectivity index (χ4n) is 3.11. The van der Waals surface area contributed by atoms with Crippen molar-refractivity contribution >= 4 is 11.6 Å². The molecule has 1 fully saturated rings. The van der Waals surface area contributed by atoms with Crippen LogP contribution in [0.1, 0.15) is 25.0 Å². The summed E-state index contributed by atoms with van der Waals surface area (Å²) in [6, 6.07) is 6.11. The van der Waals surface area contributed by atoms with E-state index in [0.717, 1.165) is 49.5 Å². The summed E-state index contributed by atoms with van der Waals surface area (Å²) >= 11 is 0. The molecule has 0 radical (unpaired) electrons. The highest BCUT2D eigenvalue weighted by Crippen LogP contribution is 2.18. The second-order valence-corrected chi connectivity index (χ2v) is 6.98. The van der Waals surface area contributed by atoms with Crippen LogP contribution >= 0.6 is 0 Å². The van der Waals surface area contributed by atoms with Crippen molar-refractivity contribution in [3.63, 3.8) is 0 Å². The number of hydrogen-bond donors (Lipinski definition) is 3. The molecule has 1 heterocycles. The highest BCUT2D eigenvalue weighted by molar-refractivity contribution is 5.93. The van der Waals surface area contributed by atoms with Gasteiger partial charge >= 0.3 is 0 Å². The van der Waals surface area contributed by atoms with E-state index < -0.39 is 0 Å². The van der Waals surface area contributed by atoms with Crippen LogP contribution in [0.5, 0.6) is 0 Å². The maximum atomic E-state index is 12.3. The molecule has 23 heavy (non-hydrogen) atoms. The van der Waals surface area contributed by atoms with Gasteiger partial charge in [0.2, 0.25) is 0 Å². The molecule has 4 nitrogen and oxygen atoms in total. The van der Waals surface area contributed by atoms with Gasteiger partial charge in [-0.25, -0.2) is 0 Å². The molecule has 3 N–H and O–H groups in total. The number of amides is 1. The summed E-state index contributed by atoms with van der Waals surface area (Å²) < 4.78 is 0. The van der Waals surface area contributed by atoms with Gasteiger partial charge < -0.3 is 15.1 Å². The summed E-state index contributed by atoms with van der Waals surface area (Å²) in [6.45, 7) is 14.5. The summed E-state index contributed by atoms with van der Waals surface area (Å²) in [4.78, 5) is 15.4. The molecule has 1 saturated heterocycles. The largest absolute Gasteiger partial charge is 0.322 e. The number of nitrogens with one attached hydrogen (secondary N) is 3. The molecule has 0 spiro atoms. The van der Waals surface area contributed by atoms with Crippen LogP contribution < -0.4 is 15.1 Å².